The van der Waals surface area contributed by atoms with E-state index in [0.29, 0.717) is 0 Å². The average Bonchev–Trinajstić information content (AvgIpc) is 2.96. The maximum Gasteiger partial charge on any atom is 0.374 e. The molecule has 0 aromatic carbocycles. The Kier molecular flexibility index (Phi) is 3.83. The molecule has 0 fully saturated rings. The molecule has 2 aromatic rings. The van der Waals surface area contributed by atoms with Crippen LogP contribution in [-0.4, -0.2) is 37.6 Å². The lowest BCUT2D eigenvalue weighted by Crippen LogP contribution is -2.17. The lowest BCUT2D eigenvalue weighted by Gasteiger charge is -2.01. The third-order valence-corrected chi connectivity index (χ3v) is 2.60. The first-order chi connectivity index (χ1) is 9.52. The van der Waals surface area contributed by atoms with Crippen molar-refractivity contribution in [1.29, 1.82) is 0 Å². The number of carbonyl (C=O) groups is 2. The van der Waals surface area contributed by atoms with Crippen LogP contribution in [0.4, 0.5) is 5.82 Å². The Bertz CT molecular complexity index is 643. The molecule has 2 aromatic heterocycles. The SMILES string of the molecule is CCOC(=O)c1nc(NC(=O)c2nccn2C)cn1C. The average molecular weight is 277 g/mol. The Labute approximate surface area is 115 Å². The number of rotatable bonds is 4. The zero-order valence-electron chi connectivity index (χ0n) is 11.5. The van der Waals surface area contributed by atoms with Crippen LogP contribution in [0.1, 0.15) is 28.2 Å². The number of hydrogen-bond acceptors (Lipinski definition) is 5. The van der Waals surface area contributed by atoms with E-state index in [1.165, 1.54) is 17.0 Å². The Morgan fingerprint density at radius 1 is 1.30 bits per heavy atom. The van der Waals surface area contributed by atoms with Gasteiger partial charge in [0.2, 0.25) is 5.82 Å². The summed E-state index contributed by atoms with van der Waals surface area (Å²) in [5, 5.41) is 2.58. The molecule has 0 aliphatic heterocycles. The number of anilines is 1. The summed E-state index contributed by atoms with van der Waals surface area (Å²) in [6, 6.07) is 0. The van der Waals surface area contributed by atoms with E-state index in [4.69, 9.17) is 4.74 Å². The fourth-order valence-electron chi connectivity index (χ4n) is 1.67. The molecule has 0 atom stereocenters. The lowest BCUT2D eigenvalue weighted by atomic mass is 10.5. The van der Waals surface area contributed by atoms with Crippen LogP contribution in [-0.2, 0) is 18.8 Å². The summed E-state index contributed by atoms with van der Waals surface area (Å²) in [5.74, 6) is -0.280. The van der Waals surface area contributed by atoms with Gasteiger partial charge in [0, 0.05) is 32.7 Å². The van der Waals surface area contributed by atoms with Gasteiger partial charge in [-0.25, -0.2) is 14.8 Å². The number of imidazole rings is 2. The van der Waals surface area contributed by atoms with Crippen LogP contribution in [0.5, 0.6) is 0 Å². The molecule has 0 saturated carbocycles. The number of esters is 1. The van der Waals surface area contributed by atoms with Crippen molar-refractivity contribution in [3.05, 3.63) is 30.2 Å². The van der Waals surface area contributed by atoms with Gasteiger partial charge < -0.3 is 19.2 Å². The van der Waals surface area contributed by atoms with Crippen molar-refractivity contribution in [2.24, 2.45) is 14.1 Å². The molecule has 0 bridgehead atoms. The molecule has 8 nitrogen and oxygen atoms in total. The molecule has 1 amide bonds. The summed E-state index contributed by atoms with van der Waals surface area (Å²) in [5.41, 5.74) is 0. The van der Waals surface area contributed by atoms with Crippen molar-refractivity contribution in [2.45, 2.75) is 6.92 Å². The van der Waals surface area contributed by atoms with Gasteiger partial charge in [-0.05, 0) is 6.92 Å². The van der Waals surface area contributed by atoms with E-state index in [-0.39, 0.29) is 24.1 Å². The zero-order chi connectivity index (χ0) is 14.7. The molecule has 0 aliphatic rings. The highest BCUT2D eigenvalue weighted by Crippen LogP contribution is 2.09. The third-order valence-electron chi connectivity index (χ3n) is 2.60. The largest absolute Gasteiger partial charge is 0.460 e. The fraction of sp³-hybridized carbons (Fsp3) is 0.333. The minimum absolute atomic E-state index is 0.127. The van der Waals surface area contributed by atoms with E-state index in [0.717, 1.165) is 0 Å². The second-order valence-corrected chi connectivity index (χ2v) is 4.10. The van der Waals surface area contributed by atoms with Gasteiger partial charge in [0.25, 0.3) is 5.91 Å². The standard InChI is InChI=1S/C12H15N5O3/c1-4-20-12(19)10-14-8(7-17(10)3)15-11(18)9-13-5-6-16(9)2/h5-7H,4H2,1-3H3,(H,15,18). The lowest BCUT2D eigenvalue weighted by molar-refractivity contribution is 0.0508. The zero-order valence-corrected chi connectivity index (χ0v) is 11.5. The second kappa shape index (κ2) is 5.55. The van der Waals surface area contributed by atoms with Crippen LogP contribution in [0.15, 0.2) is 18.6 Å². The number of ether oxygens (including phenoxy) is 1. The maximum atomic E-state index is 12.0. The molecule has 0 saturated heterocycles. The fourth-order valence-corrected chi connectivity index (χ4v) is 1.67. The molecular weight excluding hydrogens is 262 g/mol. The predicted octanol–water partition coefficient (Wildman–Crippen LogP) is 0.583. The van der Waals surface area contributed by atoms with Gasteiger partial charge >= 0.3 is 5.97 Å². The third kappa shape index (κ3) is 2.68. The van der Waals surface area contributed by atoms with Crippen molar-refractivity contribution < 1.29 is 14.3 Å². The number of nitrogens with one attached hydrogen (secondary N) is 1. The minimum atomic E-state index is -0.535. The van der Waals surface area contributed by atoms with Crippen molar-refractivity contribution in [3.63, 3.8) is 0 Å². The Balaban J connectivity index is 2.15. The Morgan fingerprint density at radius 3 is 2.65 bits per heavy atom. The molecule has 1 N–H and O–H groups in total. The van der Waals surface area contributed by atoms with Crippen LogP contribution in [0, 0.1) is 0 Å². The van der Waals surface area contributed by atoms with Gasteiger partial charge in [-0.1, -0.05) is 0 Å². The molecule has 0 spiro atoms. The van der Waals surface area contributed by atoms with Crippen molar-refractivity contribution in [1.82, 2.24) is 19.1 Å². The number of aryl methyl sites for hydroxylation is 2. The van der Waals surface area contributed by atoms with Gasteiger partial charge in [-0.15, -0.1) is 0 Å². The van der Waals surface area contributed by atoms with Gasteiger partial charge in [0.05, 0.1) is 6.61 Å². The van der Waals surface area contributed by atoms with E-state index in [1.54, 1.807) is 31.8 Å². The molecule has 0 unspecified atom stereocenters. The van der Waals surface area contributed by atoms with E-state index >= 15 is 0 Å². The van der Waals surface area contributed by atoms with Gasteiger partial charge in [-0.3, -0.25) is 4.79 Å². The predicted molar refractivity (Wildman–Crippen MR) is 70.3 cm³/mol. The van der Waals surface area contributed by atoms with Crippen molar-refractivity contribution >= 4 is 17.7 Å². The first-order valence-electron chi connectivity index (χ1n) is 6.02. The summed E-state index contributed by atoms with van der Waals surface area (Å²) in [6.45, 7) is 1.98. The number of nitrogens with zero attached hydrogens (tertiary/aromatic N) is 4. The quantitative estimate of drug-likeness (QED) is 0.825. The van der Waals surface area contributed by atoms with Gasteiger partial charge in [-0.2, -0.15) is 0 Å². The number of aromatic nitrogens is 4. The van der Waals surface area contributed by atoms with Crippen LogP contribution >= 0.6 is 0 Å². The molecule has 2 rings (SSSR count). The highest BCUT2D eigenvalue weighted by Gasteiger charge is 2.17. The molecule has 20 heavy (non-hydrogen) atoms. The van der Waals surface area contributed by atoms with Crippen molar-refractivity contribution in [3.8, 4) is 0 Å². The summed E-state index contributed by atoms with van der Waals surface area (Å²) in [7, 11) is 3.36. The Hall–Kier alpha value is -2.64. The van der Waals surface area contributed by atoms with E-state index in [9.17, 15) is 9.59 Å². The number of carbonyl (C=O) groups excluding carboxylic acids is 2. The number of hydrogen-bond donors (Lipinski definition) is 1. The molecule has 8 heteroatoms. The molecule has 106 valence electrons. The minimum Gasteiger partial charge on any atom is -0.460 e. The maximum absolute atomic E-state index is 12.0. The van der Waals surface area contributed by atoms with E-state index < -0.39 is 11.9 Å². The summed E-state index contributed by atoms with van der Waals surface area (Å²) >= 11 is 0. The van der Waals surface area contributed by atoms with Crippen LogP contribution in [0.3, 0.4) is 0 Å². The van der Waals surface area contributed by atoms with E-state index in [1.807, 2.05) is 0 Å². The summed E-state index contributed by atoms with van der Waals surface area (Å²) in [6.07, 6.45) is 4.72. The summed E-state index contributed by atoms with van der Waals surface area (Å²) in [4.78, 5) is 31.5. The first kappa shape index (κ1) is 13.8. The topological polar surface area (TPSA) is 91.0 Å². The number of amides is 1. The van der Waals surface area contributed by atoms with Crippen LogP contribution in [0.2, 0.25) is 0 Å². The monoisotopic (exact) mass is 277 g/mol. The van der Waals surface area contributed by atoms with Crippen LogP contribution in [0.25, 0.3) is 0 Å². The molecular formula is C12H15N5O3. The normalized spacial score (nSPS) is 10.3. The second-order valence-electron chi connectivity index (χ2n) is 4.10. The van der Waals surface area contributed by atoms with E-state index in [2.05, 4.69) is 15.3 Å². The summed E-state index contributed by atoms with van der Waals surface area (Å²) < 4.78 is 7.95. The highest BCUT2D eigenvalue weighted by atomic mass is 16.5. The van der Waals surface area contributed by atoms with Crippen LogP contribution < -0.4 is 5.32 Å². The molecule has 0 aliphatic carbocycles. The van der Waals surface area contributed by atoms with Gasteiger partial charge in [0.15, 0.2) is 11.6 Å². The smallest absolute Gasteiger partial charge is 0.374 e. The van der Waals surface area contributed by atoms with Gasteiger partial charge in [0.1, 0.15) is 0 Å². The Morgan fingerprint density at radius 2 is 2.05 bits per heavy atom. The molecule has 0 radical (unpaired) electrons. The molecule has 2 heterocycles. The van der Waals surface area contributed by atoms with Crippen molar-refractivity contribution in [2.75, 3.05) is 11.9 Å². The highest BCUT2D eigenvalue weighted by molar-refractivity contribution is 6.01. The first-order valence-corrected chi connectivity index (χ1v) is 6.02.